The standard InChI is InChI=1S/C7H16.2CHNO.3CH4/c1-3-5-7-6-4-2;2*2-1-3;;;/h3-7H2,1-2H3;2*2H;3*1H4. The largest absolute Gasteiger partial charge is 0.231 e. The van der Waals surface area contributed by atoms with Gasteiger partial charge >= 0.3 is 0 Å². The number of hydrogen-bond donors (Lipinski definition) is 2. The predicted octanol–water partition coefficient (Wildman–Crippen LogP) is 4.69. The molecule has 0 aliphatic rings. The van der Waals surface area contributed by atoms with Crippen LogP contribution in [-0.4, -0.2) is 12.2 Å². The molecule has 0 atom stereocenters. The Kier molecular flexibility index (Phi) is 154. The highest BCUT2D eigenvalue weighted by Gasteiger charge is 1.80. The van der Waals surface area contributed by atoms with Gasteiger partial charge < -0.3 is 0 Å². The Bertz CT molecular complexity index is 120. The van der Waals surface area contributed by atoms with Gasteiger partial charge in [-0.2, -0.15) is 0 Å². The Labute approximate surface area is 101 Å². The lowest BCUT2D eigenvalue weighted by Crippen LogP contribution is -1.70. The monoisotopic (exact) mass is 234 g/mol. The molecular formula is C12H30N2O2. The molecule has 0 amide bonds. The average molecular weight is 234 g/mol. The van der Waals surface area contributed by atoms with Crippen LogP contribution in [0.4, 0.5) is 0 Å². The summed E-state index contributed by atoms with van der Waals surface area (Å²) in [5.41, 5.74) is 0. The summed E-state index contributed by atoms with van der Waals surface area (Å²) in [6.45, 7) is 4.49. The van der Waals surface area contributed by atoms with E-state index in [1.165, 1.54) is 32.1 Å². The molecule has 0 rings (SSSR count). The third kappa shape index (κ3) is 232. The first-order chi connectivity index (χ1) is 6.24. The topological polar surface area (TPSA) is 81.8 Å². The van der Waals surface area contributed by atoms with E-state index in [0.717, 1.165) is 12.2 Å². The quantitative estimate of drug-likeness (QED) is 0.420. The fraction of sp³-hybridized carbons (Fsp3) is 0.833. The van der Waals surface area contributed by atoms with Crippen LogP contribution in [0.1, 0.15) is 68.2 Å². The highest BCUT2D eigenvalue weighted by atomic mass is 16.1. The maximum atomic E-state index is 8.35. The fourth-order valence-electron chi connectivity index (χ4n) is 0.677. The van der Waals surface area contributed by atoms with Crippen molar-refractivity contribution in [3.8, 4) is 0 Å². The van der Waals surface area contributed by atoms with E-state index in [1.54, 1.807) is 0 Å². The normalized spacial score (nSPS) is 5.12. The first-order valence-electron chi connectivity index (χ1n) is 4.32. The third-order valence-electron chi connectivity index (χ3n) is 1.21. The molecule has 0 aliphatic carbocycles. The lowest BCUT2D eigenvalue weighted by molar-refractivity contribution is 0.562. The maximum absolute atomic E-state index is 8.35. The molecular weight excluding hydrogens is 204 g/mol. The van der Waals surface area contributed by atoms with E-state index in [2.05, 4.69) is 13.8 Å². The minimum absolute atomic E-state index is 0. The molecule has 0 spiro atoms. The van der Waals surface area contributed by atoms with Gasteiger partial charge in [0, 0.05) is 0 Å². The number of rotatable bonds is 4. The highest BCUT2D eigenvalue weighted by Crippen LogP contribution is 2.00. The number of unbranched alkanes of at least 4 members (excludes halogenated alkanes) is 4. The molecule has 0 heterocycles. The second-order valence-corrected chi connectivity index (χ2v) is 2.26. The molecule has 100 valence electrons. The summed E-state index contributed by atoms with van der Waals surface area (Å²) >= 11 is 0. The zero-order chi connectivity index (χ0) is 10.9. The molecule has 0 radical (unpaired) electrons. The van der Waals surface area contributed by atoms with Gasteiger partial charge in [0.2, 0.25) is 12.2 Å². The van der Waals surface area contributed by atoms with Crippen LogP contribution in [0.5, 0.6) is 0 Å². The van der Waals surface area contributed by atoms with Crippen LogP contribution >= 0.6 is 0 Å². The second kappa shape index (κ2) is 67.5. The van der Waals surface area contributed by atoms with Crippen LogP contribution < -0.4 is 0 Å². The van der Waals surface area contributed by atoms with E-state index in [1.807, 2.05) is 0 Å². The molecule has 0 aromatic rings. The molecule has 16 heavy (non-hydrogen) atoms. The van der Waals surface area contributed by atoms with Crippen LogP contribution in [0.25, 0.3) is 0 Å². The molecule has 0 fully saturated rings. The van der Waals surface area contributed by atoms with Crippen molar-refractivity contribution in [3.63, 3.8) is 0 Å². The van der Waals surface area contributed by atoms with Crippen LogP contribution in [0.2, 0.25) is 0 Å². The van der Waals surface area contributed by atoms with E-state index in [9.17, 15) is 0 Å². The summed E-state index contributed by atoms with van der Waals surface area (Å²) in [5, 5.41) is 10.8. The molecule has 0 saturated heterocycles. The average Bonchev–Trinajstić information content (AvgIpc) is 2.08. The Morgan fingerprint density at radius 3 is 1.06 bits per heavy atom. The molecule has 0 aromatic heterocycles. The summed E-state index contributed by atoms with van der Waals surface area (Å²) < 4.78 is 0. The number of isocyanates is 2. The van der Waals surface area contributed by atoms with Crippen molar-refractivity contribution in [1.29, 1.82) is 10.8 Å². The van der Waals surface area contributed by atoms with Gasteiger partial charge in [-0.3, -0.25) is 0 Å². The van der Waals surface area contributed by atoms with Gasteiger partial charge in [0.1, 0.15) is 0 Å². The van der Waals surface area contributed by atoms with Gasteiger partial charge in [-0.05, 0) is 0 Å². The molecule has 4 heteroatoms. The van der Waals surface area contributed by atoms with Crippen molar-refractivity contribution in [1.82, 2.24) is 0 Å². The van der Waals surface area contributed by atoms with Crippen molar-refractivity contribution < 1.29 is 9.59 Å². The summed E-state index contributed by atoms with van der Waals surface area (Å²) in [7, 11) is 0. The lowest BCUT2D eigenvalue weighted by Gasteiger charge is -1.90. The van der Waals surface area contributed by atoms with E-state index < -0.39 is 0 Å². The van der Waals surface area contributed by atoms with E-state index in [0.29, 0.717) is 0 Å². The Balaban J connectivity index is -0.0000000244. The summed E-state index contributed by atoms with van der Waals surface area (Å²) in [6, 6.07) is 0. The Morgan fingerprint density at radius 2 is 0.938 bits per heavy atom. The fourth-order valence-corrected chi connectivity index (χ4v) is 0.677. The number of hydrogen-bond acceptors (Lipinski definition) is 4. The first-order valence-corrected chi connectivity index (χ1v) is 4.32. The molecule has 2 N–H and O–H groups in total. The Hall–Kier alpha value is -1.24. The Morgan fingerprint density at radius 1 is 0.750 bits per heavy atom. The van der Waals surface area contributed by atoms with Crippen molar-refractivity contribution in [3.05, 3.63) is 0 Å². The van der Waals surface area contributed by atoms with Gasteiger partial charge in [-0.25, -0.2) is 20.4 Å². The zero-order valence-corrected chi connectivity index (χ0v) is 8.35. The van der Waals surface area contributed by atoms with E-state index in [-0.39, 0.29) is 22.3 Å². The van der Waals surface area contributed by atoms with Gasteiger partial charge in [-0.15, -0.1) is 0 Å². The molecule has 0 unspecified atom stereocenters. The van der Waals surface area contributed by atoms with Crippen molar-refractivity contribution in [2.75, 3.05) is 0 Å². The third-order valence-corrected chi connectivity index (χ3v) is 1.21. The van der Waals surface area contributed by atoms with E-state index in [4.69, 9.17) is 20.4 Å². The first kappa shape index (κ1) is 36.4. The number of carbonyl (C=O) groups excluding carboxylic acids is 2. The SMILES string of the molecule is C.C.C.CCCCCCC.N=C=O.N=C=O. The molecule has 0 aliphatic heterocycles. The van der Waals surface area contributed by atoms with E-state index >= 15 is 0 Å². The molecule has 4 nitrogen and oxygen atoms in total. The van der Waals surface area contributed by atoms with Crippen molar-refractivity contribution in [2.24, 2.45) is 0 Å². The van der Waals surface area contributed by atoms with Gasteiger partial charge in [0.15, 0.2) is 0 Å². The maximum Gasteiger partial charge on any atom is 0.231 e. The lowest BCUT2D eigenvalue weighted by atomic mass is 10.2. The zero-order valence-electron chi connectivity index (χ0n) is 8.35. The molecule has 0 aromatic carbocycles. The number of nitrogens with one attached hydrogen (secondary N) is 2. The minimum atomic E-state index is 0. The van der Waals surface area contributed by atoms with Crippen LogP contribution in [0.3, 0.4) is 0 Å². The summed E-state index contributed by atoms with van der Waals surface area (Å²) in [4.78, 5) is 16.7. The second-order valence-electron chi connectivity index (χ2n) is 2.26. The molecule has 0 bridgehead atoms. The van der Waals surface area contributed by atoms with Gasteiger partial charge in [0.05, 0.1) is 0 Å². The predicted molar refractivity (Wildman–Crippen MR) is 71.5 cm³/mol. The van der Waals surface area contributed by atoms with Crippen molar-refractivity contribution in [2.45, 2.75) is 68.2 Å². The van der Waals surface area contributed by atoms with Crippen LogP contribution in [0, 0.1) is 10.8 Å². The van der Waals surface area contributed by atoms with Crippen LogP contribution in [0.15, 0.2) is 0 Å². The van der Waals surface area contributed by atoms with Crippen LogP contribution in [-0.2, 0) is 9.59 Å². The smallest absolute Gasteiger partial charge is 0.222 e. The van der Waals surface area contributed by atoms with Crippen molar-refractivity contribution >= 4 is 12.2 Å². The summed E-state index contributed by atoms with van der Waals surface area (Å²) in [6.07, 6.45) is 8.51. The highest BCUT2D eigenvalue weighted by molar-refractivity contribution is 5.26. The summed E-state index contributed by atoms with van der Waals surface area (Å²) in [5.74, 6) is 0. The molecule has 0 saturated carbocycles. The minimum Gasteiger partial charge on any atom is -0.222 e. The van der Waals surface area contributed by atoms with Gasteiger partial charge in [-0.1, -0.05) is 68.2 Å². The van der Waals surface area contributed by atoms with Gasteiger partial charge in [0.25, 0.3) is 0 Å².